The van der Waals surface area contributed by atoms with Gasteiger partial charge in [0.2, 0.25) is 0 Å². The molecule has 0 radical (unpaired) electrons. The average molecular weight is 265 g/mol. The van der Waals surface area contributed by atoms with Gasteiger partial charge in [0.15, 0.2) is 0 Å². The number of carbonyl (C=O) groups is 2. The number of carboxylic acids is 1. The largest absolute Gasteiger partial charge is 0.480 e. The van der Waals surface area contributed by atoms with Crippen molar-refractivity contribution in [3.63, 3.8) is 0 Å². The summed E-state index contributed by atoms with van der Waals surface area (Å²) in [5, 5.41) is 10.6. The maximum atomic E-state index is 12.2. The number of halogens is 3. The summed E-state index contributed by atoms with van der Waals surface area (Å²) in [7, 11) is 0. The standard InChI is InChI=1S/C11H14F3NO3/c1-2-10(5-3-4-6-10)7(8(16)17)15-9(18)11(12,13)14/h2,7H,1,3-6H2,(H,15,18)(H,16,17)/t7-/m1/s1. The van der Waals surface area contributed by atoms with Crippen LogP contribution in [0.1, 0.15) is 25.7 Å². The highest BCUT2D eigenvalue weighted by Gasteiger charge is 2.48. The lowest BCUT2D eigenvalue weighted by molar-refractivity contribution is -0.176. The first kappa shape index (κ1) is 14.5. The zero-order chi connectivity index (χ0) is 14.0. The van der Waals surface area contributed by atoms with Crippen LogP contribution in [0.5, 0.6) is 0 Å². The minimum absolute atomic E-state index is 0.408. The quantitative estimate of drug-likeness (QED) is 0.762. The molecule has 0 aliphatic heterocycles. The molecule has 0 bridgehead atoms. The Balaban J connectivity index is 2.93. The third-order valence-corrected chi connectivity index (χ3v) is 3.30. The highest BCUT2D eigenvalue weighted by molar-refractivity contribution is 5.87. The van der Waals surface area contributed by atoms with E-state index in [4.69, 9.17) is 5.11 Å². The zero-order valence-electron chi connectivity index (χ0n) is 9.59. The van der Waals surface area contributed by atoms with Crippen molar-refractivity contribution in [3.8, 4) is 0 Å². The lowest BCUT2D eigenvalue weighted by Gasteiger charge is -2.32. The molecule has 1 atom stereocenters. The molecule has 0 heterocycles. The van der Waals surface area contributed by atoms with Gasteiger partial charge in [-0.2, -0.15) is 13.2 Å². The minimum Gasteiger partial charge on any atom is -0.480 e. The van der Waals surface area contributed by atoms with Crippen LogP contribution >= 0.6 is 0 Å². The maximum absolute atomic E-state index is 12.2. The molecule has 102 valence electrons. The van der Waals surface area contributed by atoms with Crippen LogP contribution in [0.3, 0.4) is 0 Å². The Labute approximate surface area is 102 Å². The molecule has 1 saturated carbocycles. The lowest BCUT2D eigenvalue weighted by Crippen LogP contribution is -2.54. The number of nitrogens with one attached hydrogen (secondary N) is 1. The Morgan fingerprint density at radius 3 is 2.17 bits per heavy atom. The van der Waals surface area contributed by atoms with Crippen molar-refractivity contribution in [1.82, 2.24) is 5.32 Å². The first-order valence-electron chi connectivity index (χ1n) is 5.47. The van der Waals surface area contributed by atoms with Gasteiger partial charge in [0.1, 0.15) is 6.04 Å². The summed E-state index contributed by atoms with van der Waals surface area (Å²) >= 11 is 0. The Bertz CT molecular complexity index is 359. The Morgan fingerprint density at radius 1 is 1.33 bits per heavy atom. The van der Waals surface area contributed by atoms with Crippen LogP contribution in [-0.4, -0.2) is 29.2 Å². The predicted octanol–water partition coefficient (Wildman–Crippen LogP) is 1.86. The first-order valence-corrected chi connectivity index (χ1v) is 5.47. The van der Waals surface area contributed by atoms with E-state index in [1.54, 1.807) is 5.32 Å². The summed E-state index contributed by atoms with van der Waals surface area (Å²) in [4.78, 5) is 21.9. The second-order valence-corrected chi connectivity index (χ2v) is 4.39. The Morgan fingerprint density at radius 2 is 1.83 bits per heavy atom. The van der Waals surface area contributed by atoms with Gasteiger partial charge >= 0.3 is 18.1 Å². The van der Waals surface area contributed by atoms with Crippen molar-refractivity contribution in [1.29, 1.82) is 0 Å². The molecule has 0 saturated heterocycles. The normalized spacial score (nSPS) is 20.2. The molecule has 1 amide bonds. The number of rotatable bonds is 4. The van der Waals surface area contributed by atoms with E-state index in [0.717, 1.165) is 0 Å². The minimum atomic E-state index is -5.09. The Kier molecular flexibility index (Phi) is 4.03. The van der Waals surface area contributed by atoms with Crippen LogP contribution in [0.2, 0.25) is 0 Å². The second-order valence-electron chi connectivity index (χ2n) is 4.39. The topological polar surface area (TPSA) is 66.4 Å². The van der Waals surface area contributed by atoms with E-state index in [0.29, 0.717) is 25.7 Å². The molecule has 1 aliphatic rings. The summed E-state index contributed by atoms with van der Waals surface area (Å²) in [5.74, 6) is -3.71. The summed E-state index contributed by atoms with van der Waals surface area (Å²) in [6.45, 7) is 3.49. The molecule has 7 heteroatoms. The SMILES string of the molecule is C=CC1([C@H](NC(=O)C(F)(F)F)C(=O)O)CCCC1. The highest BCUT2D eigenvalue weighted by Crippen LogP contribution is 2.42. The van der Waals surface area contributed by atoms with Crippen LogP contribution in [0.15, 0.2) is 12.7 Å². The van der Waals surface area contributed by atoms with Gasteiger partial charge in [0.25, 0.3) is 0 Å². The van der Waals surface area contributed by atoms with E-state index in [1.165, 1.54) is 6.08 Å². The number of carbonyl (C=O) groups excluding carboxylic acids is 1. The summed E-state index contributed by atoms with van der Waals surface area (Å²) < 4.78 is 36.5. The fourth-order valence-corrected chi connectivity index (χ4v) is 2.31. The number of carboxylic acid groups (broad SMARTS) is 1. The van der Waals surface area contributed by atoms with Crippen molar-refractivity contribution < 1.29 is 27.9 Å². The number of amides is 1. The van der Waals surface area contributed by atoms with Crippen LogP contribution < -0.4 is 5.32 Å². The molecule has 0 aromatic heterocycles. The van der Waals surface area contributed by atoms with Crippen LogP contribution in [0.4, 0.5) is 13.2 Å². The van der Waals surface area contributed by atoms with Gasteiger partial charge in [-0.05, 0) is 12.8 Å². The molecule has 4 nitrogen and oxygen atoms in total. The Hall–Kier alpha value is -1.53. The van der Waals surface area contributed by atoms with Crippen molar-refractivity contribution in [2.45, 2.75) is 37.9 Å². The van der Waals surface area contributed by atoms with E-state index in [2.05, 4.69) is 6.58 Å². The third-order valence-electron chi connectivity index (χ3n) is 3.30. The van der Waals surface area contributed by atoms with Gasteiger partial charge in [0.05, 0.1) is 0 Å². The van der Waals surface area contributed by atoms with Gasteiger partial charge in [0, 0.05) is 5.41 Å². The monoisotopic (exact) mass is 265 g/mol. The van der Waals surface area contributed by atoms with Gasteiger partial charge in [-0.3, -0.25) is 4.79 Å². The molecule has 0 aromatic carbocycles. The van der Waals surface area contributed by atoms with E-state index in [-0.39, 0.29) is 0 Å². The fourth-order valence-electron chi connectivity index (χ4n) is 2.31. The van der Waals surface area contributed by atoms with Gasteiger partial charge < -0.3 is 10.4 Å². The van der Waals surface area contributed by atoms with E-state index in [1.807, 2.05) is 0 Å². The molecule has 1 rings (SSSR count). The van der Waals surface area contributed by atoms with Gasteiger partial charge in [-0.1, -0.05) is 18.9 Å². The number of alkyl halides is 3. The van der Waals surface area contributed by atoms with E-state index >= 15 is 0 Å². The van der Waals surface area contributed by atoms with E-state index in [9.17, 15) is 22.8 Å². The van der Waals surface area contributed by atoms with Crippen molar-refractivity contribution in [2.75, 3.05) is 0 Å². The highest BCUT2D eigenvalue weighted by atomic mass is 19.4. The van der Waals surface area contributed by atoms with Gasteiger partial charge in [-0.15, -0.1) is 6.58 Å². The number of hydrogen-bond acceptors (Lipinski definition) is 2. The lowest BCUT2D eigenvalue weighted by atomic mass is 9.78. The smallest absolute Gasteiger partial charge is 0.471 e. The average Bonchev–Trinajstić information content (AvgIpc) is 2.73. The predicted molar refractivity (Wildman–Crippen MR) is 56.7 cm³/mol. The molecule has 2 N–H and O–H groups in total. The third kappa shape index (κ3) is 2.83. The molecular weight excluding hydrogens is 251 g/mol. The fraction of sp³-hybridized carbons (Fsp3) is 0.636. The van der Waals surface area contributed by atoms with Crippen LogP contribution in [0, 0.1) is 5.41 Å². The van der Waals surface area contributed by atoms with Crippen molar-refractivity contribution in [3.05, 3.63) is 12.7 Å². The number of hydrogen-bond donors (Lipinski definition) is 2. The van der Waals surface area contributed by atoms with Crippen molar-refractivity contribution >= 4 is 11.9 Å². The van der Waals surface area contributed by atoms with Crippen molar-refractivity contribution in [2.24, 2.45) is 5.41 Å². The zero-order valence-corrected chi connectivity index (χ0v) is 9.59. The molecule has 0 unspecified atom stereocenters. The number of aliphatic carboxylic acids is 1. The molecule has 18 heavy (non-hydrogen) atoms. The molecular formula is C11H14F3NO3. The van der Waals surface area contributed by atoms with Crippen LogP contribution in [-0.2, 0) is 9.59 Å². The van der Waals surface area contributed by atoms with Gasteiger partial charge in [-0.25, -0.2) is 4.79 Å². The first-order chi connectivity index (χ1) is 8.23. The molecule has 1 aliphatic carbocycles. The van der Waals surface area contributed by atoms with Crippen LogP contribution in [0.25, 0.3) is 0 Å². The molecule has 1 fully saturated rings. The second kappa shape index (κ2) is 4.99. The maximum Gasteiger partial charge on any atom is 0.471 e. The summed E-state index contributed by atoms with van der Waals surface area (Å²) in [5.41, 5.74) is -0.993. The molecule has 0 aromatic rings. The summed E-state index contributed by atoms with van der Waals surface area (Å²) in [6, 6.07) is -1.59. The summed E-state index contributed by atoms with van der Waals surface area (Å²) in [6.07, 6.45) is -1.52. The van der Waals surface area contributed by atoms with E-state index < -0.39 is 29.5 Å². The molecule has 0 spiro atoms.